The molecule has 26 heavy (non-hydrogen) atoms. The number of halogens is 2. The number of aromatic nitrogens is 3. The highest BCUT2D eigenvalue weighted by Gasteiger charge is 2.19. The van der Waals surface area contributed by atoms with Gasteiger partial charge < -0.3 is 19.2 Å². The second-order valence-corrected chi connectivity index (χ2v) is 6.71. The fourth-order valence-corrected chi connectivity index (χ4v) is 3.41. The number of imidazole rings is 1. The van der Waals surface area contributed by atoms with E-state index in [9.17, 15) is 14.9 Å². The number of carbonyl (C=O) groups excluding carboxylic acids is 1. The van der Waals surface area contributed by atoms with Crippen LogP contribution in [0.25, 0.3) is 5.69 Å². The third kappa shape index (κ3) is 3.49. The van der Waals surface area contributed by atoms with Gasteiger partial charge >= 0.3 is 5.82 Å². The van der Waals surface area contributed by atoms with Gasteiger partial charge in [0.05, 0.1) is 6.54 Å². The smallest absolute Gasteiger partial charge is 0.358 e. The molecule has 0 aliphatic heterocycles. The summed E-state index contributed by atoms with van der Waals surface area (Å²) in [5.41, 5.74) is 2.87. The number of nitro groups is 1. The number of rotatable bonds is 5. The van der Waals surface area contributed by atoms with Crippen molar-refractivity contribution >= 4 is 34.8 Å². The number of Topliss-reactive ketones (excluding diaryl/α,β-unsaturated/α-hetero) is 1. The number of hydrogen-bond donors (Lipinski definition) is 0. The Labute approximate surface area is 158 Å². The van der Waals surface area contributed by atoms with Crippen molar-refractivity contribution in [3.63, 3.8) is 0 Å². The predicted octanol–water partition coefficient (Wildman–Crippen LogP) is 4.39. The van der Waals surface area contributed by atoms with Gasteiger partial charge in [-0.15, -0.1) is 0 Å². The molecule has 0 saturated carbocycles. The first-order chi connectivity index (χ1) is 12.3. The van der Waals surface area contributed by atoms with E-state index in [2.05, 4.69) is 4.98 Å². The van der Waals surface area contributed by atoms with Crippen molar-refractivity contribution < 1.29 is 9.72 Å². The lowest BCUT2D eigenvalue weighted by atomic mass is 10.1. The highest BCUT2D eigenvalue weighted by atomic mass is 35.5. The summed E-state index contributed by atoms with van der Waals surface area (Å²) in [6.07, 6.45) is 2.50. The topological polar surface area (TPSA) is 83.0 Å². The van der Waals surface area contributed by atoms with Crippen LogP contribution in [0.1, 0.15) is 21.7 Å². The van der Waals surface area contributed by atoms with Crippen molar-refractivity contribution in [2.24, 2.45) is 0 Å². The van der Waals surface area contributed by atoms with Gasteiger partial charge in [-0.1, -0.05) is 23.2 Å². The molecule has 3 aromatic rings. The zero-order valence-corrected chi connectivity index (χ0v) is 15.5. The molecule has 0 unspecified atom stereocenters. The molecule has 0 bridgehead atoms. The van der Waals surface area contributed by atoms with Gasteiger partial charge in [0, 0.05) is 32.7 Å². The van der Waals surface area contributed by atoms with Gasteiger partial charge in [-0.2, -0.15) is 0 Å². The maximum Gasteiger partial charge on any atom is 0.381 e. The largest absolute Gasteiger partial charge is 0.381 e. The van der Waals surface area contributed by atoms with E-state index in [-0.39, 0.29) is 18.1 Å². The highest BCUT2D eigenvalue weighted by Crippen LogP contribution is 2.27. The molecule has 0 atom stereocenters. The van der Waals surface area contributed by atoms with Gasteiger partial charge in [0.2, 0.25) is 6.33 Å². The van der Waals surface area contributed by atoms with Crippen LogP contribution in [0.15, 0.2) is 36.8 Å². The molecule has 9 heteroatoms. The molecule has 2 heterocycles. The fraction of sp³-hybridized carbons (Fsp3) is 0.176. The van der Waals surface area contributed by atoms with Crippen LogP contribution < -0.4 is 0 Å². The molecule has 0 spiro atoms. The Balaban J connectivity index is 1.93. The van der Waals surface area contributed by atoms with E-state index in [0.29, 0.717) is 15.6 Å². The van der Waals surface area contributed by atoms with E-state index < -0.39 is 4.92 Å². The second-order valence-electron chi connectivity index (χ2n) is 5.83. The zero-order chi connectivity index (χ0) is 19.0. The molecule has 134 valence electrons. The Kier molecular flexibility index (Phi) is 4.84. The number of aryl methyl sites for hydroxylation is 1. The summed E-state index contributed by atoms with van der Waals surface area (Å²) in [5, 5.41) is 11.7. The van der Waals surface area contributed by atoms with E-state index in [1.54, 1.807) is 24.3 Å². The molecule has 0 aliphatic carbocycles. The number of carbonyl (C=O) groups is 1. The van der Waals surface area contributed by atoms with Crippen LogP contribution in [0.5, 0.6) is 0 Å². The molecule has 7 nitrogen and oxygen atoms in total. The summed E-state index contributed by atoms with van der Waals surface area (Å²) in [7, 11) is 0. The summed E-state index contributed by atoms with van der Waals surface area (Å²) >= 11 is 12.2. The van der Waals surface area contributed by atoms with E-state index >= 15 is 0 Å². The van der Waals surface area contributed by atoms with Gasteiger partial charge in [0.15, 0.2) is 5.78 Å². The minimum Gasteiger partial charge on any atom is -0.358 e. The summed E-state index contributed by atoms with van der Waals surface area (Å²) in [6.45, 7) is 3.66. The molecule has 0 saturated heterocycles. The number of nitrogens with zero attached hydrogens (tertiary/aromatic N) is 4. The third-order valence-electron chi connectivity index (χ3n) is 3.97. The average molecular weight is 393 g/mol. The Hall–Kier alpha value is -2.64. The number of benzene rings is 1. The average Bonchev–Trinajstić information content (AvgIpc) is 3.11. The maximum atomic E-state index is 12.7. The minimum absolute atomic E-state index is 0.0402. The first kappa shape index (κ1) is 18.2. The van der Waals surface area contributed by atoms with Gasteiger partial charge in [-0.05, 0) is 48.0 Å². The van der Waals surface area contributed by atoms with Crippen LogP contribution in [0.3, 0.4) is 0 Å². The van der Waals surface area contributed by atoms with E-state index in [0.717, 1.165) is 17.1 Å². The standard InChI is InChI=1S/C17H14Cl2N4O3/c1-10-3-15(16(24)7-21-8-17(20-9-21)23(25)26)11(2)22(10)14-5-12(18)4-13(19)6-14/h3-6,8-9H,7H2,1-2H3. The normalized spacial score (nSPS) is 10.9. The Morgan fingerprint density at radius 1 is 1.19 bits per heavy atom. The molecule has 1 aromatic carbocycles. The molecule has 2 aromatic heterocycles. The minimum atomic E-state index is -0.601. The number of ketones is 1. The molecular formula is C17H14Cl2N4O3. The molecule has 0 fully saturated rings. The van der Waals surface area contributed by atoms with Crippen LogP contribution in [0.2, 0.25) is 10.0 Å². The Morgan fingerprint density at radius 2 is 1.85 bits per heavy atom. The first-order valence-corrected chi connectivity index (χ1v) is 8.36. The molecule has 3 rings (SSSR count). The van der Waals surface area contributed by atoms with Crippen LogP contribution >= 0.6 is 23.2 Å². The Bertz CT molecular complexity index is 1000. The monoisotopic (exact) mass is 392 g/mol. The van der Waals surface area contributed by atoms with Crippen molar-refractivity contribution in [3.05, 3.63) is 73.9 Å². The molecule has 0 amide bonds. The third-order valence-corrected chi connectivity index (χ3v) is 4.41. The fourth-order valence-electron chi connectivity index (χ4n) is 2.89. The summed E-state index contributed by atoms with van der Waals surface area (Å²) in [4.78, 5) is 26.4. The van der Waals surface area contributed by atoms with Crippen LogP contribution in [-0.2, 0) is 6.54 Å². The molecular weight excluding hydrogens is 379 g/mol. The van der Waals surface area contributed by atoms with Crippen LogP contribution in [0, 0.1) is 24.0 Å². The van der Waals surface area contributed by atoms with Crippen molar-refractivity contribution in [2.75, 3.05) is 0 Å². The van der Waals surface area contributed by atoms with E-state index in [4.69, 9.17) is 23.2 Å². The van der Waals surface area contributed by atoms with Crippen LogP contribution in [-0.4, -0.2) is 24.8 Å². The molecule has 0 aliphatic rings. The lowest BCUT2D eigenvalue weighted by molar-refractivity contribution is -0.389. The zero-order valence-electron chi connectivity index (χ0n) is 13.9. The van der Waals surface area contributed by atoms with Crippen molar-refractivity contribution in [1.29, 1.82) is 0 Å². The maximum absolute atomic E-state index is 12.7. The highest BCUT2D eigenvalue weighted by molar-refractivity contribution is 6.34. The van der Waals surface area contributed by atoms with Gasteiger partial charge in [0.1, 0.15) is 6.20 Å². The van der Waals surface area contributed by atoms with Crippen molar-refractivity contribution in [1.82, 2.24) is 14.1 Å². The van der Waals surface area contributed by atoms with E-state index in [1.807, 2.05) is 18.4 Å². The van der Waals surface area contributed by atoms with Crippen molar-refractivity contribution in [2.45, 2.75) is 20.4 Å². The second kappa shape index (κ2) is 6.93. The SMILES string of the molecule is Cc1cc(C(=O)Cn2cnc([N+](=O)[O-])c2)c(C)n1-c1cc(Cl)cc(Cl)c1. The lowest BCUT2D eigenvalue weighted by Crippen LogP contribution is -2.10. The lowest BCUT2D eigenvalue weighted by Gasteiger charge is -2.11. The quantitative estimate of drug-likeness (QED) is 0.366. The van der Waals surface area contributed by atoms with Gasteiger partial charge in [-0.3, -0.25) is 4.79 Å². The summed E-state index contributed by atoms with van der Waals surface area (Å²) in [5.74, 6) is -0.471. The van der Waals surface area contributed by atoms with Gasteiger partial charge in [-0.25, -0.2) is 0 Å². The number of hydrogen-bond acceptors (Lipinski definition) is 4. The predicted molar refractivity (Wildman–Crippen MR) is 98.5 cm³/mol. The first-order valence-electron chi connectivity index (χ1n) is 7.61. The summed E-state index contributed by atoms with van der Waals surface area (Å²) < 4.78 is 3.28. The Morgan fingerprint density at radius 3 is 2.42 bits per heavy atom. The van der Waals surface area contributed by atoms with Crippen LogP contribution in [0.4, 0.5) is 5.82 Å². The molecule has 0 N–H and O–H groups in total. The molecule has 0 radical (unpaired) electrons. The van der Waals surface area contributed by atoms with Crippen molar-refractivity contribution in [3.8, 4) is 5.69 Å². The van der Waals surface area contributed by atoms with Gasteiger partial charge in [0.25, 0.3) is 0 Å². The summed E-state index contributed by atoms with van der Waals surface area (Å²) in [6, 6.07) is 6.94. The van der Waals surface area contributed by atoms with E-state index in [1.165, 1.54) is 17.1 Å².